The number of hydrogen-bond acceptors (Lipinski definition) is 5. The normalized spacial score (nSPS) is 16.4. The molecule has 0 atom stereocenters. The van der Waals surface area contributed by atoms with E-state index in [2.05, 4.69) is 5.32 Å². The number of hydrogen-bond donors (Lipinski definition) is 2. The molecule has 206 valence electrons. The van der Waals surface area contributed by atoms with Crippen molar-refractivity contribution in [3.63, 3.8) is 0 Å². The van der Waals surface area contributed by atoms with Crippen LogP contribution < -0.4 is 10.2 Å². The molecular formula is C25H26ClF5N4O3. The van der Waals surface area contributed by atoms with Gasteiger partial charge in [0.1, 0.15) is 0 Å². The number of nitrogens with one attached hydrogen (secondary N) is 1. The van der Waals surface area contributed by atoms with E-state index in [0.717, 1.165) is 12.1 Å². The molecule has 0 radical (unpaired) electrons. The van der Waals surface area contributed by atoms with E-state index >= 15 is 0 Å². The van der Waals surface area contributed by atoms with E-state index in [0.29, 0.717) is 54.8 Å². The summed E-state index contributed by atoms with van der Waals surface area (Å²) in [6.45, 7) is 0.799. The van der Waals surface area contributed by atoms with Gasteiger partial charge in [-0.1, -0.05) is 17.7 Å². The fourth-order valence-electron chi connectivity index (χ4n) is 4.23. The van der Waals surface area contributed by atoms with Crippen LogP contribution in [0.4, 0.5) is 33.3 Å². The van der Waals surface area contributed by atoms with Crippen LogP contribution in [-0.2, 0) is 11.3 Å². The molecule has 2 fully saturated rings. The Labute approximate surface area is 220 Å². The summed E-state index contributed by atoms with van der Waals surface area (Å²) >= 11 is 6.14. The number of carbonyl (C=O) groups excluding carboxylic acids is 2. The van der Waals surface area contributed by atoms with Gasteiger partial charge in [0, 0.05) is 49.2 Å². The van der Waals surface area contributed by atoms with Crippen LogP contribution >= 0.6 is 11.6 Å². The number of benzene rings is 2. The first kappa shape index (κ1) is 28.1. The maximum atomic E-state index is 14.8. The highest BCUT2D eigenvalue weighted by molar-refractivity contribution is 6.31. The number of piperazine rings is 1. The van der Waals surface area contributed by atoms with E-state index in [4.69, 9.17) is 11.6 Å². The first-order valence-corrected chi connectivity index (χ1v) is 12.4. The van der Waals surface area contributed by atoms with E-state index in [1.54, 1.807) is 11.0 Å². The van der Waals surface area contributed by atoms with Crippen molar-refractivity contribution in [2.75, 3.05) is 42.9 Å². The maximum Gasteiger partial charge on any atom is 0.390 e. The Hall–Kier alpha value is -2.96. The molecule has 2 aromatic carbocycles. The van der Waals surface area contributed by atoms with Crippen molar-refractivity contribution in [1.82, 2.24) is 9.96 Å². The molecule has 1 aliphatic heterocycles. The third-order valence-corrected chi connectivity index (χ3v) is 6.78. The molecule has 13 heteroatoms. The van der Waals surface area contributed by atoms with Crippen molar-refractivity contribution in [3.05, 3.63) is 58.1 Å². The zero-order valence-electron chi connectivity index (χ0n) is 20.2. The SMILES string of the molecule is O=C(Nc1ccc(Cl)cc1N1CCN(CCC(F)(F)F)CC1)c1ccc(CN(O)C(=O)C2CC2)c(F)c1F. The Morgan fingerprint density at radius 2 is 1.74 bits per heavy atom. The number of rotatable bonds is 8. The molecule has 0 spiro atoms. The lowest BCUT2D eigenvalue weighted by atomic mass is 10.1. The highest BCUT2D eigenvalue weighted by Crippen LogP contribution is 2.33. The average molecular weight is 561 g/mol. The van der Waals surface area contributed by atoms with Gasteiger partial charge in [-0.25, -0.2) is 13.8 Å². The van der Waals surface area contributed by atoms with Crippen molar-refractivity contribution in [3.8, 4) is 0 Å². The van der Waals surface area contributed by atoms with Gasteiger partial charge in [0.05, 0.1) is 29.9 Å². The predicted molar refractivity (Wildman–Crippen MR) is 130 cm³/mol. The molecule has 1 heterocycles. The van der Waals surface area contributed by atoms with Crippen molar-refractivity contribution in [2.45, 2.75) is 32.0 Å². The number of nitrogens with zero attached hydrogens (tertiary/aromatic N) is 3. The first-order chi connectivity index (χ1) is 17.9. The molecule has 38 heavy (non-hydrogen) atoms. The van der Waals surface area contributed by atoms with Crippen LogP contribution in [0.1, 0.15) is 35.2 Å². The van der Waals surface area contributed by atoms with E-state index in [1.807, 2.05) is 4.90 Å². The van der Waals surface area contributed by atoms with Gasteiger partial charge < -0.3 is 10.2 Å². The van der Waals surface area contributed by atoms with Gasteiger partial charge in [-0.05, 0) is 37.1 Å². The summed E-state index contributed by atoms with van der Waals surface area (Å²) in [6.07, 6.45) is -3.88. The van der Waals surface area contributed by atoms with E-state index in [9.17, 15) is 36.7 Å². The monoisotopic (exact) mass is 560 g/mol. The predicted octanol–water partition coefficient (Wildman–Crippen LogP) is 5.07. The van der Waals surface area contributed by atoms with Gasteiger partial charge in [-0.3, -0.25) is 19.7 Å². The molecular weight excluding hydrogens is 535 g/mol. The number of amides is 2. The molecule has 2 aromatic rings. The molecule has 7 nitrogen and oxygen atoms in total. The fourth-order valence-corrected chi connectivity index (χ4v) is 4.39. The Kier molecular flexibility index (Phi) is 8.43. The highest BCUT2D eigenvalue weighted by Gasteiger charge is 2.34. The van der Waals surface area contributed by atoms with Gasteiger partial charge in [0.2, 0.25) is 5.91 Å². The second-order valence-corrected chi connectivity index (χ2v) is 9.82. The number of carbonyl (C=O) groups is 2. The minimum absolute atomic E-state index is 0.111. The van der Waals surface area contributed by atoms with Crippen LogP contribution in [0.3, 0.4) is 0 Å². The fraction of sp³-hybridized carbons (Fsp3) is 0.440. The number of halogens is 6. The van der Waals surface area contributed by atoms with E-state index in [-0.39, 0.29) is 23.7 Å². The van der Waals surface area contributed by atoms with Gasteiger partial charge in [-0.15, -0.1) is 0 Å². The van der Waals surface area contributed by atoms with Gasteiger partial charge in [-0.2, -0.15) is 13.2 Å². The van der Waals surface area contributed by atoms with Crippen LogP contribution in [-0.4, -0.2) is 65.9 Å². The number of anilines is 2. The minimum atomic E-state index is -4.24. The number of hydroxylamine groups is 2. The molecule has 1 aliphatic carbocycles. The Morgan fingerprint density at radius 3 is 2.37 bits per heavy atom. The van der Waals surface area contributed by atoms with E-state index in [1.165, 1.54) is 12.1 Å². The van der Waals surface area contributed by atoms with Crippen LogP contribution in [0, 0.1) is 17.6 Å². The summed E-state index contributed by atoms with van der Waals surface area (Å²) in [4.78, 5) is 28.3. The third kappa shape index (κ3) is 6.91. The third-order valence-electron chi connectivity index (χ3n) is 6.54. The second kappa shape index (κ2) is 11.4. The van der Waals surface area contributed by atoms with Gasteiger partial charge >= 0.3 is 6.18 Å². The molecule has 2 aliphatic rings. The molecule has 0 bridgehead atoms. The lowest BCUT2D eigenvalue weighted by molar-refractivity contribution is -0.169. The molecule has 1 saturated heterocycles. The quantitative estimate of drug-likeness (QED) is 0.268. The molecule has 1 saturated carbocycles. The number of alkyl halides is 3. The standard InChI is InChI=1S/C25H26ClF5N4O3/c26-17-4-6-19(20(13-17)34-11-9-33(10-12-34)8-7-25(29,30)31)32-23(36)18-5-3-16(21(27)22(18)28)14-35(38)24(37)15-1-2-15/h3-6,13,15,38H,1-2,7-12,14H2,(H,32,36). The van der Waals surface area contributed by atoms with Crippen LogP contribution in [0.2, 0.25) is 5.02 Å². The maximum absolute atomic E-state index is 14.8. The summed E-state index contributed by atoms with van der Waals surface area (Å²) in [5.74, 6) is -4.60. The van der Waals surface area contributed by atoms with Crippen molar-refractivity contribution >= 4 is 34.8 Å². The lowest BCUT2D eigenvalue weighted by Gasteiger charge is -2.37. The van der Waals surface area contributed by atoms with E-state index < -0.39 is 48.2 Å². The summed E-state index contributed by atoms with van der Waals surface area (Å²) in [5.41, 5.74) is -0.106. The summed E-state index contributed by atoms with van der Waals surface area (Å²) < 4.78 is 67.1. The zero-order valence-corrected chi connectivity index (χ0v) is 21.0. The van der Waals surface area contributed by atoms with Crippen molar-refractivity contribution in [2.24, 2.45) is 5.92 Å². The smallest absolute Gasteiger partial charge is 0.367 e. The van der Waals surface area contributed by atoms with Crippen LogP contribution in [0.25, 0.3) is 0 Å². The van der Waals surface area contributed by atoms with Crippen LogP contribution in [0.5, 0.6) is 0 Å². The van der Waals surface area contributed by atoms with Gasteiger partial charge in [0.25, 0.3) is 5.91 Å². The molecule has 4 rings (SSSR count). The topological polar surface area (TPSA) is 76.1 Å². The second-order valence-electron chi connectivity index (χ2n) is 9.38. The molecule has 0 aromatic heterocycles. The highest BCUT2D eigenvalue weighted by atomic mass is 35.5. The molecule has 2 N–H and O–H groups in total. The Bertz CT molecular complexity index is 1200. The zero-order chi connectivity index (χ0) is 27.6. The van der Waals surface area contributed by atoms with Crippen LogP contribution in [0.15, 0.2) is 30.3 Å². The van der Waals surface area contributed by atoms with Crippen molar-refractivity contribution in [1.29, 1.82) is 0 Å². The molecule has 2 amide bonds. The van der Waals surface area contributed by atoms with Crippen molar-refractivity contribution < 1.29 is 36.7 Å². The van der Waals surface area contributed by atoms with Gasteiger partial charge in [0.15, 0.2) is 11.6 Å². The summed E-state index contributed by atoms with van der Waals surface area (Å²) in [5, 5.41) is 13.1. The average Bonchev–Trinajstić information content (AvgIpc) is 3.71. The lowest BCUT2D eigenvalue weighted by Crippen LogP contribution is -2.47. The summed E-state index contributed by atoms with van der Waals surface area (Å²) in [7, 11) is 0. The summed E-state index contributed by atoms with van der Waals surface area (Å²) in [6, 6.07) is 6.77. The molecule has 0 unspecified atom stereocenters. The Morgan fingerprint density at radius 1 is 1.05 bits per heavy atom. The largest absolute Gasteiger partial charge is 0.390 e. The Balaban J connectivity index is 1.44. The minimum Gasteiger partial charge on any atom is -0.367 e. The first-order valence-electron chi connectivity index (χ1n) is 12.0.